The minimum Gasteiger partial charge on any atom is -0.378 e. The highest BCUT2D eigenvalue weighted by molar-refractivity contribution is 5.97. The summed E-state index contributed by atoms with van der Waals surface area (Å²) in [5, 5.41) is 0. The first-order valence-electron chi connectivity index (χ1n) is 10.9. The lowest BCUT2D eigenvalue weighted by atomic mass is 10.1. The third-order valence-corrected chi connectivity index (χ3v) is 5.56. The molecule has 3 aromatic rings. The van der Waals surface area contributed by atoms with Crippen LogP contribution in [0.3, 0.4) is 0 Å². The molecule has 0 saturated carbocycles. The second kappa shape index (κ2) is 10.4. The molecule has 1 fully saturated rings. The first-order valence-corrected chi connectivity index (χ1v) is 10.9. The summed E-state index contributed by atoms with van der Waals surface area (Å²) in [7, 11) is 0. The van der Waals surface area contributed by atoms with Crippen molar-refractivity contribution in [3.8, 4) is 0 Å². The summed E-state index contributed by atoms with van der Waals surface area (Å²) in [5.74, 6) is 0.271. The van der Waals surface area contributed by atoms with Crippen molar-refractivity contribution in [2.24, 2.45) is 0 Å². The number of rotatable bonds is 3. The van der Waals surface area contributed by atoms with Gasteiger partial charge < -0.3 is 24.5 Å². The van der Waals surface area contributed by atoms with Gasteiger partial charge in [-0.3, -0.25) is 14.4 Å². The number of fused-ring (bicyclic) bond motifs is 1. The lowest BCUT2D eigenvalue weighted by Crippen LogP contribution is -2.39. The fourth-order valence-electron chi connectivity index (χ4n) is 4.02. The van der Waals surface area contributed by atoms with Gasteiger partial charge in [0.1, 0.15) is 17.5 Å². The van der Waals surface area contributed by atoms with Crippen molar-refractivity contribution in [3.63, 3.8) is 0 Å². The fraction of sp³-hybridized carbons (Fsp3) is 0.348. The Labute approximate surface area is 194 Å². The van der Waals surface area contributed by atoms with Gasteiger partial charge in [0.05, 0.1) is 31.6 Å². The van der Waals surface area contributed by atoms with E-state index in [9.17, 15) is 18.8 Å². The number of morpholine rings is 1. The standard InChI is InChI=1S/C19H21FN4O3.C4H4N2O/c1-12-8-13-2-3-14(20)9-15(13)24(12)19(26)10-16-21-17(11-18(25)22-16)23-4-6-27-7-5-23;7-4-1-2-5-3-6-4/h2-3,9,11-12H,4-8,10H2,1H3,(H,21,22,25);1-3H,(H,5,6,7)/t12-;/m1./s1. The summed E-state index contributed by atoms with van der Waals surface area (Å²) in [6.07, 6.45) is 3.42. The van der Waals surface area contributed by atoms with Gasteiger partial charge in [-0.15, -0.1) is 0 Å². The molecule has 0 spiro atoms. The number of ether oxygens (including phenoxy) is 1. The summed E-state index contributed by atoms with van der Waals surface area (Å²) < 4.78 is 19.0. The number of aromatic amines is 2. The molecular weight excluding hydrogens is 443 g/mol. The number of halogens is 1. The quantitative estimate of drug-likeness (QED) is 0.588. The molecule has 10 nitrogen and oxygen atoms in total. The number of carbonyl (C=O) groups excluding carboxylic acids is 1. The summed E-state index contributed by atoms with van der Waals surface area (Å²) >= 11 is 0. The van der Waals surface area contributed by atoms with Gasteiger partial charge in [0.25, 0.3) is 11.1 Å². The molecule has 178 valence electrons. The third-order valence-electron chi connectivity index (χ3n) is 5.56. The highest BCUT2D eigenvalue weighted by atomic mass is 19.1. The Balaban J connectivity index is 0.000000336. The fourth-order valence-corrected chi connectivity index (χ4v) is 4.02. The number of hydrogen-bond donors (Lipinski definition) is 2. The summed E-state index contributed by atoms with van der Waals surface area (Å²) in [5.41, 5.74) is 1.13. The molecule has 11 heteroatoms. The van der Waals surface area contributed by atoms with E-state index in [1.807, 2.05) is 11.8 Å². The molecule has 0 aliphatic carbocycles. The zero-order chi connectivity index (χ0) is 24.1. The van der Waals surface area contributed by atoms with Gasteiger partial charge in [-0.05, 0) is 31.0 Å². The molecule has 2 N–H and O–H groups in total. The van der Waals surface area contributed by atoms with Crippen LogP contribution in [0.15, 0.2) is 52.4 Å². The number of amides is 1. The van der Waals surface area contributed by atoms with Crippen molar-refractivity contribution in [3.05, 3.63) is 80.8 Å². The molecule has 1 amide bonds. The topological polar surface area (TPSA) is 124 Å². The van der Waals surface area contributed by atoms with Crippen molar-refractivity contribution in [2.45, 2.75) is 25.8 Å². The van der Waals surface area contributed by atoms with Crippen LogP contribution in [-0.4, -0.2) is 58.2 Å². The highest BCUT2D eigenvalue weighted by Crippen LogP contribution is 2.33. The van der Waals surface area contributed by atoms with Gasteiger partial charge in [0.15, 0.2) is 0 Å². The summed E-state index contributed by atoms with van der Waals surface area (Å²) in [6.45, 7) is 4.39. The van der Waals surface area contributed by atoms with Crippen LogP contribution in [0.5, 0.6) is 0 Å². The molecule has 1 saturated heterocycles. The van der Waals surface area contributed by atoms with Crippen LogP contribution in [0, 0.1) is 5.82 Å². The zero-order valence-corrected chi connectivity index (χ0v) is 18.7. The summed E-state index contributed by atoms with van der Waals surface area (Å²) in [6, 6.07) is 7.24. The van der Waals surface area contributed by atoms with Crippen molar-refractivity contribution in [1.82, 2.24) is 19.9 Å². The lowest BCUT2D eigenvalue weighted by Gasteiger charge is -2.28. The predicted octanol–water partition coefficient (Wildman–Crippen LogP) is 1.04. The van der Waals surface area contributed by atoms with E-state index in [2.05, 4.69) is 19.9 Å². The SMILES string of the molecule is C[C@@H]1Cc2ccc(F)cc2N1C(=O)Cc1nc(N2CCOCC2)cc(=O)[nH]1.O=c1ccnc[nH]1. The van der Waals surface area contributed by atoms with Crippen LogP contribution < -0.4 is 20.9 Å². The Bertz CT molecular complexity index is 1250. The van der Waals surface area contributed by atoms with E-state index in [0.29, 0.717) is 50.1 Å². The van der Waals surface area contributed by atoms with Crippen LogP contribution in [0.1, 0.15) is 18.3 Å². The first-order chi connectivity index (χ1) is 16.4. The van der Waals surface area contributed by atoms with Gasteiger partial charge in [0, 0.05) is 37.5 Å². The maximum atomic E-state index is 13.7. The minimum atomic E-state index is -0.374. The maximum Gasteiger partial charge on any atom is 0.252 e. The van der Waals surface area contributed by atoms with Crippen LogP contribution in [0.4, 0.5) is 15.9 Å². The number of nitrogens with one attached hydrogen (secondary N) is 2. The molecule has 5 rings (SSSR count). The Kier molecular flexibility index (Phi) is 7.12. The minimum absolute atomic E-state index is 0.0479. The maximum absolute atomic E-state index is 13.7. The lowest BCUT2D eigenvalue weighted by molar-refractivity contribution is -0.118. The van der Waals surface area contributed by atoms with Crippen molar-refractivity contribution < 1.29 is 13.9 Å². The largest absolute Gasteiger partial charge is 0.378 e. The number of anilines is 2. The molecule has 34 heavy (non-hydrogen) atoms. The van der Waals surface area contributed by atoms with Gasteiger partial charge in [-0.2, -0.15) is 0 Å². The first kappa shape index (κ1) is 23.3. The second-order valence-electron chi connectivity index (χ2n) is 8.02. The third kappa shape index (κ3) is 5.54. The summed E-state index contributed by atoms with van der Waals surface area (Å²) in [4.78, 5) is 51.7. The Morgan fingerprint density at radius 1 is 1.18 bits per heavy atom. The average Bonchev–Trinajstić information content (AvgIpc) is 3.15. The van der Waals surface area contributed by atoms with E-state index < -0.39 is 0 Å². The zero-order valence-electron chi connectivity index (χ0n) is 18.7. The monoisotopic (exact) mass is 468 g/mol. The average molecular weight is 468 g/mol. The Hall–Kier alpha value is -3.86. The van der Waals surface area contributed by atoms with Crippen LogP contribution in [0.2, 0.25) is 0 Å². The number of nitrogens with zero attached hydrogens (tertiary/aromatic N) is 4. The molecule has 0 radical (unpaired) electrons. The highest BCUT2D eigenvalue weighted by Gasteiger charge is 2.31. The van der Waals surface area contributed by atoms with Crippen LogP contribution >= 0.6 is 0 Å². The molecule has 0 bridgehead atoms. The number of benzene rings is 1. The van der Waals surface area contributed by atoms with E-state index in [0.717, 1.165) is 5.56 Å². The molecule has 1 aromatic carbocycles. The molecule has 2 aromatic heterocycles. The normalized spacial score (nSPS) is 17.1. The van der Waals surface area contributed by atoms with Gasteiger partial charge in [-0.1, -0.05) is 6.07 Å². The van der Waals surface area contributed by atoms with Crippen molar-refractivity contribution in [1.29, 1.82) is 0 Å². The molecule has 2 aliphatic rings. The van der Waals surface area contributed by atoms with E-state index in [1.165, 1.54) is 36.8 Å². The second-order valence-corrected chi connectivity index (χ2v) is 8.02. The van der Waals surface area contributed by atoms with Crippen LogP contribution in [-0.2, 0) is 22.4 Å². The van der Waals surface area contributed by atoms with E-state index in [-0.39, 0.29) is 35.3 Å². The predicted molar refractivity (Wildman–Crippen MR) is 124 cm³/mol. The van der Waals surface area contributed by atoms with E-state index in [1.54, 1.807) is 11.0 Å². The van der Waals surface area contributed by atoms with E-state index >= 15 is 0 Å². The molecule has 1 atom stereocenters. The Morgan fingerprint density at radius 2 is 1.97 bits per heavy atom. The van der Waals surface area contributed by atoms with E-state index in [4.69, 9.17) is 4.74 Å². The molecule has 0 unspecified atom stereocenters. The molecular formula is C23H25FN6O4. The van der Waals surface area contributed by atoms with Crippen molar-refractivity contribution in [2.75, 3.05) is 36.1 Å². The number of hydrogen-bond acceptors (Lipinski definition) is 7. The smallest absolute Gasteiger partial charge is 0.252 e. The Morgan fingerprint density at radius 3 is 2.65 bits per heavy atom. The van der Waals surface area contributed by atoms with Crippen LogP contribution in [0.25, 0.3) is 0 Å². The van der Waals surface area contributed by atoms with Crippen molar-refractivity contribution >= 4 is 17.4 Å². The van der Waals surface area contributed by atoms with Gasteiger partial charge >= 0.3 is 0 Å². The van der Waals surface area contributed by atoms with Gasteiger partial charge in [-0.25, -0.2) is 14.4 Å². The number of H-pyrrole nitrogens is 2. The number of aromatic nitrogens is 4. The number of carbonyl (C=O) groups is 1. The molecule has 4 heterocycles. The van der Waals surface area contributed by atoms with Gasteiger partial charge in [0.2, 0.25) is 5.91 Å². The molecule has 2 aliphatic heterocycles.